The summed E-state index contributed by atoms with van der Waals surface area (Å²) in [6.45, 7) is 3.75. The second kappa shape index (κ2) is 8.91. The van der Waals surface area contributed by atoms with Gasteiger partial charge in [0.1, 0.15) is 5.75 Å². The summed E-state index contributed by atoms with van der Waals surface area (Å²) in [4.78, 5) is 24.8. The van der Waals surface area contributed by atoms with E-state index in [4.69, 9.17) is 4.74 Å². The molecule has 1 aliphatic carbocycles. The maximum atomic E-state index is 12.4. The number of nitrogens with one attached hydrogen (secondary N) is 1. The molecule has 2 aromatic carbocycles. The largest absolute Gasteiger partial charge is 0.508 e. The SMILES string of the molecule is C[C@H](OC(=O)c1ccc(-c2ccc(O)cc2)cc1)C(=O)N[C@H]1CCCC[C@H]1C. The van der Waals surface area contributed by atoms with Crippen molar-refractivity contribution in [2.45, 2.75) is 51.7 Å². The Morgan fingerprint density at radius 2 is 1.57 bits per heavy atom. The van der Waals surface area contributed by atoms with Crippen LogP contribution in [0.3, 0.4) is 0 Å². The van der Waals surface area contributed by atoms with Crippen molar-refractivity contribution in [3.63, 3.8) is 0 Å². The minimum absolute atomic E-state index is 0.159. The fourth-order valence-electron chi connectivity index (χ4n) is 3.57. The number of carbonyl (C=O) groups is 2. The maximum absolute atomic E-state index is 12.4. The smallest absolute Gasteiger partial charge is 0.338 e. The summed E-state index contributed by atoms with van der Waals surface area (Å²) in [5.74, 6) is -0.101. The van der Waals surface area contributed by atoms with E-state index >= 15 is 0 Å². The molecule has 2 aromatic rings. The fraction of sp³-hybridized carbons (Fsp3) is 0.391. The van der Waals surface area contributed by atoms with Gasteiger partial charge < -0.3 is 15.2 Å². The van der Waals surface area contributed by atoms with Gasteiger partial charge in [0.15, 0.2) is 6.10 Å². The Labute approximate surface area is 165 Å². The highest BCUT2D eigenvalue weighted by Gasteiger charge is 2.26. The van der Waals surface area contributed by atoms with Crippen LogP contribution in [0.2, 0.25) is 0 Å². The van der Waals surface area contributed by atoms with E-state index in [9.17, 15) is 14.7 Å². The topological polar surface area (TPSA) is 75.6 Å². The first-order chi connectivity index (χ1) is 13.4. The molecule has 0 radical (unpaired) electrons. The molecule has 0 spiro atoms. The zero-order valence-corrected chi connectivity index (χ0v) is 16.4. The van der Waals surface area contributed by atoms with Gasteiger partial charge in [-0.2, -0.15) is 0 Å². The zero-order chi connectivity index (χ0) is 20.1. The normalized spacial score (nSPS) is 20.2. The van der Waals surface area contributed by atoms with Crippen molar-refractivity contribution in [1.29, 1.82) is 0 Å². The average Bonchev–Trinajstić information content (AvgIpc) is 2.70. The Hall–Kier alpha value is -2.82. The Balaban J connectivity index is 1.57. The molecule has 28 heavy (non-hydrogen) atoms. The van der Waals surface area contributed by atoms with Gasteiger partial charge in [0, 0.05) is 6.04 Å². The maximum Gasteiger partial charge on any atom is 0.338 e. The first-order valence-corrected chi connectivity index (χ1v) is 9.85. The summed E-state index contributed by atoms with van der Waals surface area (Å²) < 4.78 is 5.35. The van der Waals surface area contributed by atoms with Crippen molar-refractivity contribution in [3.8, 4) is 16.9 Å². The second-order valence-electron chi connectivity index (χ2n) is 7.55. The molecule has 1 aliphatic rings. The molecule has 3 rings (SSSR count). The summed E-state index contributed by atoms with van der Waals surface area (Å²) >= 11 is 0. The van der Waals surface area contributed by atoms with E-state index in [2.05, 4.69) is 12.2 Å². The summed E-state index contributed by atoms with van der Waals surface area (Å²) in [7, 11) is 0. The molecule has 3 atom stereocenters. The minimum atomic E-state index is -0.835. The summed E-state index contributed by atoms with van der Waals surface area (Å²) in [5.41, 5.74) is 2.26. The molecule has 0 saturated heterocycles. The number of aromatic hydroxyl groups is 1. The molecule has 5 nitrogen and oxygen atoms in total. The molecule has 0 aromatic heterocycles. The van der Waals surface area contributed by atoms with Crippen LogP contribution in [0.25, 0.3) is 11.1 Å². The van der Waals surface area contributed by atoms with Crippen molar-refractivity contribution in [2.24, 2.45) is 5.92 Å². The van der Waals surface area contributed by atoms with Crippen LogP contribution in [0, 0.1) is 5.92 Å². The third-order valence-corrected chi connectivity index (χ3v) is 5.41. The van der Waals surface area contributed by atoms with Crippen LogP contribution in [0.5, 0.6) is 5.75 Å². The van der Waals surface area contributed by atoms with Gasteiger partial charge in [-0.3, -0.25) is 4.79 Å². The Kier molecular flexibility index (Phi) is 6.34. The molecule has 0 unspecified atom stereocenters. The van der Waals surface area contributed by atoms with Crippen LogP contribution < -0.4 is 5.32 Å². The van der Waals surface area contributed by atoms with Gasteiger partial charge in [-0.15, -0.1) is 0 Å². The van der Waals surface area contributed by atoms with Gasteiger partial charge in [-0.05, 0) is 61.1 Å². The molecular formula is C23H27NO4. The van der Waals surface area contributed by atoms with Crippen LogP contribution in [0.4, 0.5) is 0 Å². The second-order valence-corrected chi connectivity index (χ2v) is 7.55. The molecule has 0 aliphatic heterocycles. The van der Waals surface area contributed by atoms with Crippen LogP contribution in [0.1, 0.15) is 49.9 Å². The monoisotopic (exact) mass is 381 g/mol. The molecule has 148 valence electrons. The number of carbonyl (C=O) groups excluding carboxylic acids is 2. The number of ether oxygens (including phenoxy) is 1. The number of rotatable bonds is 5. The van der Waals surface area contributed by atoms with E-state index in [1.54, 1.807) is 43.3 Å². The lowest BCUT2D eigenvalue weighted by Gasteiger charge is -2.30. The summed E-state index contributed by atoms with van der Waals surface area (Å²) in [6.07, 6.45) is 3.59. The van der Waals surface area contributed by atoms with E-state index in [1.165, 1.54) is 6.42 Å². The predicted octanol–water partition coefficient (Wildman–Crippen LogP) is 4.30. The number of esters is 1. The molecule has 2 N–H and O–H groups in total. The molecular weight excluding hydrogens is 354 g/mol. The Morgan fingerprint density at radius 3 is 2.18 bits per heavy atom. The average molecular weight is 381 g/mol. The lowest BCUT2D eigenvalue weighted by Crippen LogP contribution is -2.45. The van der Waals surface area contributed by atoms with Gasteiger partial charge in [0.05, 0.1) is 5.56 Å². The Bertz CT molecular complexity index is 814. The van der Waals surface area contributed by atoms with E-state index in [0.29, 0.717) is 11.5 Å². The summed E-state index contributed by atoms with van der Waals surface area (Å²) in [6, 6.07) is 14.0. The van der Waals surface area contributed by atoms with Crippen LogP contribution in [-0.2, 0) is 9.53 Å². The molecule has 1 fully saturated rings. The first kappa shape index (κ1) is 19.9. The molecule has 1 saturated carbocycles. The van der Waals surface area contributed by atoms with Crippen molar-refractivity contribution in [1.82, 2.24) is 5.32 Å². The van der Waals surface area contributed by atoms with E-state index in [0.717, 1.165) is 30.4 Å². The molecule has 0 bridgehead atoms. The lowest BCUT2D eigenvalue weighted by molar-refractivity contribution is -0.130. The summed E-state index contributed by atoms with van der Waals surface area (Å²) in [5, 5.41) is 12.4. The number of hydrogen-bond donors (Lipinski definition) is 2. The number of phenolic OH excluding ortho intramolecular Hbond substituents is 1. The Morgan fingerprint density at radius 1 is 1.00 bits per heavy atom. The zero-order valence-electron chi connectivity index (χ0n) is 16.4. The highest BCUT2D eigenvalue weighted by molar-refractivity contribution is 5.92. The van der Waals surface area contributed by atoms with Gasteiger partial charge in [-0.25, -0.2) is 4.79 Å². The quantitative estimate of drug-likeness (QED) is 0.757. The van der Waals surface area contributed by atoms with Gasteiger partial charge >= 0.3 is 5.97 Å². The van der Waals surface area contributed by atoms with Crippen molar-refractivity contribution >= 4 is 11.9 Å². The third kappa shape index (κ3) is 4.91. The highest BCUT2D eigenvalue weighted by Crippen LogP contribution is 2.24. The predicted molar refractivity (Wildman–Crippen MR) is 108 cm³/mol. The van der Waals surface area contributed by atoms with E-state index in [1.807, 2.05) is 12.1 Å². The van der Waals surface area contributed by atoms with Crippen LogP contribution in [0.15, 0.2) is 48.5 Å². The van der Waals surface area contributed by atoms with Crippen LogP contribution >= 0.6 is 0 Å². The number of benzene rings is 2. The van der Waals surface area contributed by atoms with Crippen molar-refractivity contribution in [3.05, 3.63) is 54.1 Å². The van der Waals surface area contributed by atoms with Crippen molar-refractivity contribution in [2.75, 3.05) is 0 Å². The highest BCUT2D eigenvalue weighted by atomic mass is 16.5. The van der Waals surface area contributed by atoms with E-state index < -0.39 is 12.1 Å². The third-order valence-electron chi connectivity index (χ3n) is 5.41. The van der Waals surface area contributed by atoms with Gasteiger partial charge in [-0.1, -0.05) is 44.0 Å². The van der Waals surface area contributed by atoms with Gasteiger partial charge in [0.2, 0.25) is 0 Å². The van der Waals surface area contributed by atoms with Gasteiger partial charge in [0.25, 0.3) is 5.91 Å². The molecule has 1 amide bonds. The molecule has 0 heterocycles. The standard InChI is InChI=1S/C23H27NO4/c1-15-5-3-4-6-21(15)24-22(26)16(2)28-23(27)19-9-7-17(8-10-19)18-11-13-20(25)14-12-18/h7-16,21,25H,3-6H2,1-2H3,(H,24,26)/t15-,16+,21+/m1/s1. The van der Waals surface area contributed by atoms with Crippen molar-refractivity contribution < 1.29 is 19.4 Å². The minimum Gasteiger partial charge on any atom is -0.508 e. The first-order valence-electron chi connectivity index (χ1n) is 9.85. The van der Waals surface area contributed by atoms with E-state index in [-0.39, 0.29) is 17.7 Å². The number of amides is 1. The molecule has 5 heteroatoms. The van der Waals surface area contributed by atoms with Crippen LogP contribution in [-0.4, -0.2) is 29.1 Å². The number of hydrogen-bond acceptors (Lipinski definition) is 4. The lowest BCUT2D eigenvalue weighted by atomic mass is 9.86. The number of phenols is 1. The fourth-order valence-corrected chi connectivity index (χ4v) is 3.57.